The quantitative estimate of drug-likeness (QED) is 0.855. The summed E-state index contributed by atoms with van der Waals surface area (Å²) in [6, 6.07) is 10.6. The fourth-order valence-corrected chi connectivity index (χ4v) is 1.79. The molecule has 0 aliphatic heterocycles. The topological polar surface area (TPSA) is 51.6 Å². The summed E-state index contributed by atoms with van der Waals surface area (Å²) in [6.07, 6.45) is 0. The second-order valence-corrected chi connectivity index (χ2v) is 4.27. The van der Waals surface area contributed by atoms with E-state index in [4.69, 9.17) is 26.2 Å². The highest BCUT2D eigenvalue weighted by Crippen LogP contribution is 2.28. The Balaban J connectivity index is 2.11. The molecule has 100 valence electrons. The van der Waals surface area contributed by atoms with Crippen molar-refractivity contribution in [2.45, 2.75) is 13.2 Å². The molecule has 0 aliphatic carbocycles. The third kappa shape index (κ3) is 3.59. The van der Waals surface area contributed by atoms with Crippen LogP contribution < -0.4 is 9.47 Å². The lowest BCUT2D eigenvalue weighted by atomic mass is 10.2. The van der Waals surface area contributed by atoms with Gasteiger partial charge in [0, 0.05) is 0 Å². The SMILES string of the molecule is COc1cc(CO)ccc1OCc1cccc(Cl)n1. The van der Waals surface area contributed by atoms with Crippen LogP contribution in [0.2, 0.25) is 5.15 Å². The maximum absolute atomic E-state index is 9.07. The Labute approximate surface area is 116 Å². The van der Waals surface area contributed by atoms with Gasteiger partial charge in [0.25, 0.3) is 0 Å². The molecule has 0 amide bonds. The van der Waals surface area contributed by atoms with Crippen molar-refractivity contribution >= 4 is 11.6 Å². The van der Waals surface area contributed by atoms with Crippen molar-refractivity contribution in [3.8, 4) is 11.5 Å². The van der Waals surface area contributed by atoms with E-state index in [1.165, 1.54) is 0 Å². The van der Waals surface area contributed by atoms with E-state index in [-0.39, 0.29) is 6.61 Å². The lowest BCUT2D eigenvalue weighted by Crippen LogP contribution is -2.00. The summed E-state index contributed by atoms with van der Waals surface area (Å²) in [5.74, 6) is 1.18. The van der Waals surface area contributed by atoms with Crippen LogP contribution in [0.3, 0.4) is 0 Å². The highest BCUT2D eigenvalue weighted by Gasteiger charge is 2.06. The molecule has 0 aliphatic rings. The number of pyridine rings is 1. The van der Waals surface area contributed by atoms with Crippen LogP contribution >= 0.6 is 11.6 Å². The van der Waals surface area contributed by atoms with Gasteiger partial charge in [-0.3, -0.25) is 0 Å². The van der Waals surface area contributed by atoms with Crippen molar-refractivity contribution in [1.82, 2.24) is 4.98 Å². The average Bonchev–Trinajstić information content (AvgIpc) is 2.45. The van der Waals surface area contributed by atoms with E-state index in [0.717, 1.165) is 11.3 Å². The Morgan fingerprint density at radius 1 is 1.21 bits per heavy atom. The first-order valence-corrected chi connectivity index (χ1v) is 6.12. The molecule has 0 fully saturated rings. The summed E-state index contributed by atoms with van der Waals surface area (Å²) >= 11 is 5.81. The molecule has 1 aromatic heterocycles. The van der Waals surface area contributed by atoms with E-state index in [1.807, 2.05) is 12.1 Å². The van der Waals surface area contributed by atoms with Crippen LogP contribution in [0.5, 0.6) is 11.5 Å². The second kappa shape index (κ2) is 6.41. The van der Waals surface area contributed by atoms with Crippen molar-refractivity contribution in [3.05, 3.63) is 52.8 Å². The smallest absolute Gasteiger partial charge is 0.161 e. The standard InChI is InChI=1S/C14H14ClNO3/c1-18-13-7-10(8-17)5-6-12(13)19-9-11-3-2-4-14(15)16-11/h2-7,17H,8-9H2,1H3. The summed E-state index contributed by atoms with van der Waals surface area (Å²) in [6.45, 7) is 0.266. The fraction of sp³-hybridized carbons (Fsp3) is 0.214. The van der Waals surface area contributed by atoms with E-state index in [2.05, 4.69) is 4.98 Å². The van der Waals surface area contributed by atoms with Crippen LogP contribution in [0, 0.1) is 0 Å². The average molecular weight is 280 g/mol. The van der Waals surface area contributed by atoms with Crippen molar-refractivity contribution in [3.63, 3.8) is 0 Å². The zero-order valence-corrected chi connectivity index (χ0v) is 11.2. The normalized spacial score (nSPS) is 10.3. The molecule has 2 aromatic rings. The number of aliphatic hydroxyl groups excluding tert-OH is 1. The van der Waals surface area contributed by atoms with Crippen molar-refractivity contribution in [2.75, 3.05) is 7.11 Å². The number of benzene rings is 1. The zero-order valence-electron chi connectivity index (χ0n) is 10.5. The lowest BCUT2D eigenvalue weighted by molar-refractivity contribution is 0.272. The maximum Gasteiger partial charge on any atom is 0.161 e. The predicted molar refractivity (Wildman–Crippen MR) is 72.5 cm³/mol. The van der Waals surface area contributed by atoms with Crippen molar-refractivity contribution in [1.29, 1.82) is 0 Å². The van der Waals surface area contributed by atoms with Gasteiger partial charge in [0.2, 0.25) is 0 Å². The Bertz CT molecular complexity index is 560. The molecule has 0 saturated heterocycles. The fourth-order valence-electron chi connectivity index (χ4n) is 1.61. The molecule has 1 heterocycles. The van der Waals surface area contributed by atoms with Gasteiger partial charge in [0.15, 0.2) is 11.5 Å². The van der Waals surface area contributed by atoms with Gasteiger partial charge in [-0.1, -0.05) is 23.7 Å². The van der Waals surface area contributed by atoms with Crippen LogP contribution in [-0.4, -0.2) is 17.2 Å². The Hall–Kier alpha value is -1.78. The van der Waals surface area contributed by atoms with E-state index < -0.39 is 0 Å². The minimum Gasteiger partial charge on any atom is -0.493 e. The summed E-state index contributed by atoms with van der Waals surface area (Å²) in [5, 5.41) is 9.50. The van der Waals surface area contributed by atoms with Gasteiger partial charge in [-0.15, -0.1) is 0 Å². The number of halogens is 1. The molecule has 0 bridgehead atoms. The first-order valence-electron chi connectivity index (χ1n) is 5.75. The van der Waals surface area contributed by atoms with Crippen LogP contribution in [0.25, 0.3) is 0 Å². The number of ether oxygens (including phenoxy) is 2. The number of nitrogens with zero attached hydrogens (tertiary/aromatic N) is 1. The van der Waals surface area contributed by atoms with Crippen LogP contribution in [0.15, 0.2) is 36.4 Å². The largest absolute Gasteiger partial charge is 0.493 e. The Morgan fingerprint density at radius 3 is 2.74 bits per heavy atom. The summed E-state index contributed by atoms with van der Waals surface area (Å²) in [5.41, 5.74) is 1.51. The van der Waals surface area contributed by atoms with Gasteiger partial charge in [0.1, 0.15) is 11.8 Å². The molecule has 0 atom stereocenters. The van der Waals surface area contributed by atoms with Crippen LogP contribution in [-0.2, 0) is 13.2 Å². The van der Waals surface area contributed by atoms with Gasteiger partial charge in [-0.25, -0.2) is 4.98 Å². The third-order valence-corrected chi connectivity index (χ3v) is 2.77. The van der Waals surface area contributed by atoms with Gasteiger partial charge in [0.05, 0.1) is 19.4 Å². The first-order chi connectivity index (χ1) is 9.22. The second-order valence-electron chi connectivity index (χ2n) is 3.88. The molecule has 0 radical (unpaired) electrons. The molecular formula is C14H14ClNO3. The van der Waals surface area contributed by atoms with E-state index >= 15 is 0 Å². The number of methoxy groups -OCH3 is 1. The third-order valence-electron chi connectivity index (χ3n) is 2.56. The van der Waals surface area contributed by atoms with Crippen LogP contribution in [0.4, 0.5) is 0 Å². The molecule has 1 N–H and O–H groups in total. The van der Waals surface area contributed by atoms with Crippen molar-refractivity contribution < 1.29 is 14.6 Å². The molecule has 4 nitrogen and oxygen atoms in total. The lowest BCUT2D eigenvalue weighted by Gasteiger charge is -2.11. The minimum absolute atomic E-state index is 0.0352. The number of aromatic nitrogens is 1. The predicted octanol–water partition coefficient (Wildman–Crippen LogP) is 2.81. The molecule has 0 saturated carbocycles. The Kier molecular flexibility index (Phi) is 4.60. The highest BCUT2D eigenvalue weighted by atomic mass is 35.5. The van der Waals surface area contributed by atoms with Gasteiger partial charge < -0.3 is 14.6 Å². The van der Waals surface area contributed by atoms with E-state index in [0.29, 0.717) is 23.3 Å². The summed E-state index contributed by atoms with van der Waals surface area (Å²) in [7, 11) is 1.56. The van der Waals surface area contributed by atoms with Crippen molar-refractivity contribution in [2.24, 2.45) is 0 Å². The minimum atomic E-state index is -0.0352. The summed E-state index contributed by atoms with van der Waals surface area (Å²) in [4.78, 5) is 4.14. The monoisotopic (exact) mass is 279 g/mol. The highest BCUT2D eigenvalue weighted by molar-refractivity contribution is 6.29. The number of rotatable bonds is 5. The van der Waals surface area contributed by atoms with E-state index in [9.17, 15) is 0 Å². The Morgan fingerprint density at radius 2 is 2.05 bits per heavy atom. The van der Waals surface area contributed by atoms with Gasteiger partial charge in [-0.05, 0) is 29.8 Å². The number of aliphatic hydroxyl groups is 1. The van der Waals surface area contributed by atoms with Crippen LogP contribution in [0.1, 0.15) is 11.3 Å². The van der Waals surface area contributed by atoms with Gasteiger partial charge >= 0.3 is 0 Å². The molecule has 0 spiro atoms. The molecule has 1 aromatic carbocycles. The maximum atomic E-state index is 9.07. The molecule has 0 unspecified atom stereocenters. The van der Waals surface area contributed by atoms with E-state index in [1.54, 1.807) is 31.4 Å². The van der Waals surface area contributed by atoms with Gasteiger partial charge in [-0.2, -0.15) is 0 Å². The molecule has 2 rings (SSSR count). The first kappa shape index (κ1) is 13.6. The molecular weight excluding hydrogens is 266 g/mol. The molecule has 19 heavy (non-hydrogen) atoms. The zero-order chi connectivity index (χ0) is 13.7. The molecule has 5 heteroatoms. The number of hydrogen-bond donors (Lipinski definition) is 1. The summed E-state index contributed by atoms with van der Waals surface area (Å²) < 4.78 is 10.9. The number of hydrogen-bond acceptors (Lipinski definition) is 4.